The van der Waals surface area contributed by atoms with Gasteiger partial charge in [0.05, 0.1) is 5.69 Å². The van der Waals surface area contributed by atoms with Gasteiger partial charge >= 0.3 is 0 Å². The lowest BCUT2D eigenvalue weighted by molar-refractivity contribution is -0.121. The van der Waals surface area contributed by atoms with E-state index in [1.165, 1.54) is 0 Å². The van der Waals surface area contributed by atoms with Crippen LogP contribution in [0.3, 0.4) is 0 Å². The van der Waals surface area contributed by atoms with Gasteiger partial charge in [-0.25, -0.2) is 0 Å². The molecule has 0 aliphatic carbocycles. The minimum Gasteiger partial charge on any atom is -0.482 e. The van der Waals surface area contributed by atoms with Crippen molar-refractivity contribution in [3.63, 3.8) is 0 Å². The first-order valence-corrected chi connectivity index (χ1v) is 4.36. The van der Waals surface area contributed by atoms with Gasteiger partial charge in [0, 0.05) is 11.9 Å². The SMILES string of the molecule is CN1C(=O)COc2cccc(S)c21. The molecule has 0 N–H and O–H groups in total. The minimum atomic E-state index is -0.0472. The normalized spacial score (nSPS) is 15.2. The molecule has 4 heteroatoms. The molecule has 0 spiro atoms. The number of hydrogen-bond acceptors (Lipinski definition) is 3. The van der Waals surface area contributed by atoms with E-state index >= 15 is 0 Å². The molecule has 0 atom stereocenters. The zero-order valence-electron chi connectivity index (χ0n) is 7.15. The number of nitrogens with zero attached hydrogens (tertiary/aromatic N) is 1. The van der Waals surface area contributed by atoms with Crippen LogP contribution in [0.25, 0.3) is 0 Å². The monoisotopic (exact) mass is 195 g/mol. The lowest BCUT2D eigenvalue weighted by Crippen LogP contribution is -2.35. The second-order valence-corrected chi connectivity index (χ2v) is 3.35. The van der Waals surface area contributed by atoms with E-state index < -0.39 is 0 Å². The van der Waals surface area contributed by atoms with E-state index in [9.17, 15) is 4.79 Å². The Morgan fingerprint density at radius 1 is 1.54 bits per heavy atom. The molecule has 0 bridgehead atoms. The lowest BCUT2D eigenvalue weighted by atomic mass is 10.2. The second-order valence-electron chi connectivity index (χ2n) is 2.87. The molecule has 0 fully saturated rings. The molecule has 1 aliphatic heterocycles. The number of anilines is 1. The van der Waals surface area contributed by atoms with E-state index in [-0.39, 0.29) is 12.5 Å². The maximum atomic E-state index is 11.3. The van der Waals surface area contributed by atoms with E-state index in [4.69, 9.17) is 4.74 Å². The van der Waals surface area contributed by atoms with E-state index in [2.05, 4.69) is 12.6 Å². The first-order valence-electron chi connectivity index (χ1n) is 3.91. The van der Waals surface area contributed by atoms with Gasteiger partial charge in [-0.05, 0) is 12.1 Å². The van der Waals surface area contributed by atoms with Gasteiger partial charge in [-0.3, -0.25) is 4.79 Å². The Kier molecular flexibility index (Phi) is 1.92. The molecule has 0 unspecified atom stereocenters. The van der Waals surface area contributed by atoms with E-state index in [0.717, 1.165) is 16.3 Å². The Hall–Kier alpha value is -1.16. The van der Waals surface area contributed by atoms with Gasteiger partial charge in [0.1, 0.15) is 5.75 Å². The summed E-state index contributed by atoms with van der Waals surface area (Å²) in [6, 6.07) is 5.52. The molecule has 1 aromatic rings. The van der Waals surface area contributed by atoms with Crippen LogP contribution >= 0.6 is 12.6 Å². The molecule has 1 aromatic carbocycles. The predicted octanol–water partition coefficient (Wildman–Crippen LogP) is 1.33. The molecule has 2 rings (SSSR count). The summed E-state index contributed by atoms with van der Waals surface area (Å²) < 4.78 is 5.25. The third kappa shape index (κ3) is 1.27. The summed E-state index contributed by atoms with van der Waals surface area (Å²) in [5.41, 5.74) is 0.752. The number of thiol groups is 1. The Balaban J connectivity index is 2.57. The summed E-state index contributed by atoms with van der Waals surface area (Å²) in [5.74, 6) is 0.670. The molecule has 0 aromatic heterocycles. The van der Waals surface area contributed by atoms with Crippen molar-refractivity contribution in [2.24, 2.45) is 0 Å². The fourth-order valence-electron chi connectivity index (χ4n) is 1.33. The number of likely N-dealkylation sites (N-methyl/N-ethyl adjacent to an activating group) is 1. The van der Waals surface area contributed by atoms with Crippen molar-refractivity contribution in [3.05, 3.63) is 18.2 Å². The topological polar surface area (TPSA) is 29.5 Å². The Morgan fingerprint density at radius 3 is 3.08 bits per heavy atom. The third-order valence-corrected chi connectivity index (χ3v) is 2.40. The summed E-state index contributed by atoms with van der Waals surface area (Å²) in [5, 5.41) is 0. The maximum absolute atomic E-state index is 11.3. The highest BCUT2D eigenvalue weighted by molar-refractivity contribution is 7.80. The standard InChI is InChI=1S/C9H9NO2S/c1-10-8(11)5-12-6-3-2-4-7(13)9(6)10/h2-4,13H,5H2,1H3. The van der Waals surface area contributed by atoms with Gasteiger partial charge < -0.3 is 9.64 Å². The van der Waals surface area contributed by atoms with Crippen LogP contribution < -0.4 is 9.64 Å². The van der Waals surface area contributed by atoms with Gasteiger partial charge in [-0.1, -0.05) is 6.07 Å². The van der Waals surface area contributed by atoms with Gasteiger partial charge in [0.25, 0.3) is 5.91 Å². The highest BCUT2D eigenvalue weighted by atomic mass is 32.1. The van der Waals surface area contributed by atoms with Gasteiger partial charge in [-0.15, -0.1) is 12.6 Å². The predicted molar refractivity (Wildman–Crippen MR) is 52.6 cm³/mol. The van der Waals surface area contributed by atoms with Gasteiger partial charge in [0.15, 0.2) is 6.61 Å². The van der Waals surface area contributed by atoms with Crippen molar-refractivity contribution in [3.8, 4) is 5.75 Å². The van der Waals surface area contributed by atoms with Crippen LogP contribution in [0.15, 0.2) is 23.1 Å². The number of hydrogen-bond donors (Lipinski definition) is 1. The van der Waals surface area contributed by atoms with Gasteiger partial charge in [0.2, 0.25) is 0 Å². The zero-order valence-corrected chi connectivity index (χ0v) is 8.04. The molecule has 68 valence electrons. The van der Waals surface area contributed by atoms with Crippen molar-refractivity contribution >= 4 is 24.2 Å². The minimum absolute atomic E-state index is 0.0472. The van der Waals surface area contributed by atoms with Crippen molar-refractivity contribution in [2.75, 3.05) is 18.6 Å². The highest BCUT2D eigenvalue weighted by Gasteiger charge is 2.23. The van der Waals surface area contributed by atoms with Crippen molar-refractivity contribution in [1.82, 2.24) is 0 Å². The van der Waals surface area contributed by atoms with Crippen LogP contribution in [0.1, 0.15) is 0 Å². The van der Waals surface area contributed by atoms with E-state index in [0.29, 0.717) is 0 Å². The van der Waals surface area contributed by atoms with Crippen LogP contribution in [0, 0.1) is 0 Å². The maximum Gasteiger partial charge on any atom is 0.264 e. The van der Waals surface area contributed by atoms with Crippen LogP contribution in [0.4, 0.5) is 5.69 Å². The number of amides is 1. The van der Waals surface area contributed by atoms with Crippen molar-refractivity contribution < 1.29 is 9.53 Å². The van der Waals surface area contributed by atoms with Crippen molar-refractivity contribution in [2.45, 2.75) is 4.90 Å². The molecule has 13 heavy (non-hydrogen) atoms. The summed E-state index contributed by atoms with van der Waals surface area (Å²) in [7, 11) is 1.73. The lowest BCUT2D eigenvalue weighted by Gasteiger charge is -2.26. The average molecular weight is 195 g/mol. The highest BCUT2D eigenvalue weighted by Crippen LogP contribution is 2.36. The quantitative estimate of drug-likeness (QED) is 0.633. The molecule has 1 heterocycles. The Labute approximate surface area is 81.7 Å². The summed E-state index contributed by atoms with van der Waals surface area (Å²) in [4.78, 5) is 13.6. The van der Waals surface area contributed by atoms with Gasteiger partial charge in [-0.2, -0.15) is 0 Å². The number of ether oxygens (including phenoxy) is 1. The first kappa shape index (κ1) is 8.44. The molecule has 1 aliphatic rings. The van der Waals surface area contributed by atoms with Crippen molar-refractivity contribution in [1.29, 1.82) is 0 Å². The number of rotatable bonds is 0. The number of carbonyl (C=O) groups is 1. The van der Waals surface area contributed by atoms with Crippen LogP contribution in [0.5, 0.6) is 5.75 Å². The van der Waals surface area contributed by atoms with E-state index in [1.807, 2.05) is 18.2 Å². The Morgan fingerprint density at radius 2 is 2.31 bits per heavy atom. The fraction of sp³-hybridized carbons (Fsp3) is 0.222. The molecular weight excluding hydrogens is 186 g/mol. The Bertz CT molecular complexity index is 365. The smallest absolute Gasteiger partial charge is 0.264 e. The molecule has 3 nitrogen and oxygen atoms in total. The zero-order chi connectivity index (χ0) is 9.42. The van der Waals surface area contributed by atoms with Crippen LogP contribution in [0.2, 0.25) is 0 Å². The molecule has 0 saturated carbocycles. The molecule has 1 amide bonds. The van der Waals surface area contributed by atoms with E-state index in [1.54, 1.807) is 11.9 Å². The summed E-state index contributed by atoms with van der Waals surface area (Å²) in [6.45, 7) is 0.112. The fourth-order valence-corrected chi connectivity index (χ4v) is 1.67. The number of para-hydroxylation sites is 1. The third-order valence-electron chi connectivity index (χ3n) is 2.04. The first-order chi connectivity index (χ1) is 6.20. The number of benzene rings is 1. The number of fused-ring (bicyclic) bond motifs is 1. The summed E-state index contributed by atoms with van der Waals surface area (Å²) in [6.07, 6.45) is 0. The molecular formula is C9H9NO2S. The molecule has 0 saturated heterocycles. The average Bonchev–Trinajstić information content (AvgIpc) is 2.12. The second kappa shape index (κ2) is 2.96. The summed E-state index contributed by atoms with van der Waals surface area (Å²) >= 11 is 4.26. The largest absolute Gasteiger partial charge is 0.482 e. The van der Waals surface area contributed by atoms with Crippen LogP contribution in [-0.2, 0) is 4.79 Å². The van der Waals surface area contributed by atoms with Crippen LogP contribution in [-0.4, -0.2) is 19.6 Å². The number of carbonyl (C=O) groups excluding carboxylic acids is 1. The molecule has 0 radical (unpaired) electrons.